The Kier molecular flexibility index (Phi) is 4.81. The lowest BCUT2D eigenvalue weighted by molar-refractivity contribution is 0.289. The highest BCUT2D eigenvalue weighted by Gasteiger charge is 2.19. The summed E-state index contributed by atoms with van der Waals surface area (Å²) in [5.41, 5.74) is 7.08. The van der Waals surface area contributed by atoms with Crippen LogP contribution in [-0.4, -0.2) is 32.4 Å². The lowest BCUT2D eigenvalue weighted by atomic mass is 10.1. The molecule has 1 aliphatic heterocycles. The number of nitrogens with two attached hydrogens (primary N) is 1. The minimum atomic E-state index is -0.337. The highest BCUT2D eigenvalue weighted by atomic mass is 19.1. The summed E-state index contributed by atoms with van der Waals surface area (Å²) in [7, 11) is 0. The predicted octanol–water partition coefficient (Wildman–Crippen LogP) is 2.35. The molecule has 4 heteroatoms. The number of piperidine rings is 1. The van der Waals surface area contributed by atoms with Crippen molar-refractivity contribution in [1.29, 1.82) is 0 Å². The minimum absolute atomic E-state index is 0.234. The third-order valence-electron chi connectivity index (χ3n) is 3.20. The second-order valence-corrected chi connectivity index (χ2v) is 4.71. The molecule has 1 aliphatic rings. The van der Waals surface area contributed by atoms with Crippen LogP contribution in [0.25, 0.3) is 0 Å². The first-order chi connectivity index (χ1) is 8.81. The Morgan fingerprint density at radius 3 is 3.00 bits per heavy atom. The molecule has 1 saturated heterocycles. The fraction of sp³-hybridized carbons (Fsp3) is 0.571. The van der Waals surface area contributed by atoms with Gasteiger partial charge in [0.05, 0.1) is 19.0 Å². The van der Waals surface area contributed by atoms with Crippen molar-refractivity contribution in [2.45, 2.75) is 25.3 Å². The quantitative estimate of drug-likeness (QED) is 0.818. The second kappa shape index (κ2) is 6.59. The highest BCUT2D eigenvalue weighted by molar-refractivity contribution is 5.58. The van der Waals surface area contributed by atoms with E-state index in [0.717, 1.165) is 37.4 Å². The fourth-order valence-corrected chi connectivity index (χ4v) is 2.31. The molecule has 0 spiro atoms. The molecule has 1 fully saturated rings. The normalized spacial score (nSPS) is 19.9. The zero-order chi connectivity index (χ0) is 12.8. The largest absolute Gasteiger partial charge is 0.491 e. The number of ether oxygens (including phenoxy) is 1. The van der Waals surface area contributed by atoms with Crippen LogP contribution in [-0.2, 0) is 0 Å². The van der Waals surface area contributed by atoms with Gasteiger partial charge in [-0.15, -0.1) is 0 Å². The molecule has 0 saturated carbocycles. The van der Waals surface area contributed by atoms with Gasteiger partial charge in [0, 0.05) is 25.6 Å². The fourth-order valence-electron chi connectivity index (χ4n) is 2.31. The molecule has 1 heterocycles. The van der Waals surface area contributed by atoms with Gasteiger partial charge in [0.2, 0.25) is 0 Å². The monoisotopic (exact) mass is 252 g/mol. The molecule has 1 aromatic carbocycles. The van der Waals surface area contributed by atoms with Gasteiger partial charge in [-0.25, -0.2) is 0 Å². The molecule has 0 aromatic heterocycles. The van der Waals surface area contributed by atoms with E-state index in [-0.39, 0.29) is 12.7 Å². The van der Waals surface area contributed by atoms with Crippen molar-refractivity contribution >= 4 is 5.69 Å². The Bertz CT molecular complexity index is 373. The van der Waals surface area contributed by atoms with Gasteiger partial charge in [-0.05, 0) is 25.0 Å². The molecule has 2 N–H and O–H groups in total. The molecule has 0 bridgehead atoms. The van der Waals surface area contributed by atoms with Crippen molar-refractivity contribution < 1.29 is 9.13 Å². The highest BCUT2D eigenvalue weighted by Crippen LogP contribution is 2.30. The first-order valence-corrected chi connectivity index (χ1v) is 6.59. The average molecular weight is 252 g/mol. The van der Waals surface area contributed by atoms with Crippen LogP contribution in [0, 0.1) is 0 Å². The van der Waals surface area contributed by atoms with Crippen molar-refractivity contribution in [3.05, 3.63) is 24.3 Å². The molecule has 0 radical (unpaired) electrons. The van der Waals surface area contributed by atoms with Crippen LogP contribution < -0.4 is 15.4 Å². The van der Waals surface area contributed by atoms with Crippen LogP contribution in [0.15, 0.2) is 24.3 Å². The van der Waals surface area contributed by atoms with Gasteiger partial charge in [0.1, 0.15) is 5.75 Å². The molecular formula is C14H21FN2O. The first kappa shape index (κ1) is 13.1. The summed E-state index contributed by atoms with van der Waals surface area (Å²) in [6.45, 7) is 1.96. The van der Waals surface area contributed by atoms with E-state index in [1.54, 1.807) is 0 Å². The third kappa shape index (κ3) is 3.35. The van der Waals surface area contributed by atoms with E-state index in [4.69, 9.17) is 10.5 Å². The number of hydrogen-bond donors (Lipinski definition) is 1. The number of rotatable bonds is 5. The van der Waals surface area contributed by atoms with Crippen molar-refractivity contribution in [2.75, 3.05) is 31.3 Å². The Hall–Kier alpha value is -1.29. The molecule has 0 aliphatic carbocycles. The summed E-state index contributed by atoms with van der Waals surface area (Å²) in [5, 5.41) is 0. The van der Waals surface area contributed by atoms with Crippen LogP contribution in [0.5, 0.6) is 5.75 Å². The van der Waals surface area contributed by atoms with Crippen LogP contribution in [0.2, 0.25) is 0 Å². The smallest absolute Gasteiger partial charge is 0.142 e. The van der Waals surface area contributed by atoms with Crippen molar-refractivity contribution in [3.8, 4) is 5.75 Å². The Balaban J connectivity index is 2.06. The Morgan fingerprint density at radius 1 is 1.39 bits per heavy atom. The molecule has 1 aromatic rings. The second-order valence-electron chi connectivity index (χ2n) is 4.71. The molecule has 3 nitrogen and oxygen atoms in total. The summed E-state index contributed by atoms with van der Waals surface area (Å²) in [4.78, 5) is 2.26. The van der Waals surface area contributed by atoms with Gasteiger partial charge in [-0.1, -0.05) is 12.1 Å². The number of halogens is 1. The summed E-state index contributed by atoms with van der Waals surface area (Å²) in [6.07, 6.45) is 2.63. The van der Waals surface area contributed by atoms with Gasteiger partial charge in [-0.3, -0.25) is 4.39 Å². The molecular weight excluding hydrogens is 231 g/mol. The molecule has 18 heavy (non-hydrogen) atoms. The SMILES string of the molecule is NC1CCCN(c2ccccc2OCCCF)C1. The van der Waals surface area contributed by atoms with Crippen molar-refractivity contribution in [1.82, 2.24) is 0 Å². The molecule has 100 valence electrons. The van der Waals surface area contributed by atoms with Crippen LogP contribution in [0.4, 0.5) is 10.1 Å². The maximum atomic E-state index is 12.1. The van der Waals surface area contributed by atoms with Crippen LogP contribution in [0.3, 0.4) is 0 Å². The molecule has 0 amide bonds. The van der Waals surface area contributed by atoms with E-state index in [1.807, 2.05) is 24.3 Å². The first-order valence-electron chi connectivity index (χ1n) is 6.59. The average Bonchev–Trinajstić information content (AvgIpc) is 2.40. The lowest BCUT2D eigenvalue weighted by Crippen LogP contribution is -2.43. The predicted molar refractivity (Wildman–Crippen MR) is 72.0 cm³/mol. The van der Waals surface area contributed by atoms with Gasteiger partial charge < -0.3 is 15.4 Å². The number of anilines is 1. The van der Waals surface area contributed by atoms with Crippen molar-refractivity contribution in [3.63, 3.8) is 0 Å². The maximum absolute atomic E-state index is 12.1. The molecule has 1 unspecified atom stereocenters. The van der Waals surface area contributed by atoms with Crippen LogP contribution in [0.1, 0.15) is 19.3 Å². The van der Waals surface area contributed by atoms with Crippen LogP contribution >= 0.6 is 0 Å². The zero-order valence-electron chi connectivity index (χ0n) is 10.6. The summed E-state index contributed by atoms with van der Waals surface area (Å²) in [6, 6.07) is 8.16. The zero-order valence-corrected chi connectivity index (χ0v) is 10.6. The lowest BCUT2D eigenvalue weighted by Gasteiger charge is -2.33. The number of para-hydroxylation sites is 2. The summed E-state index contributed by atoms with van der Waals surface area (Å²) >= 11 is 0. The van der Waals surface area contributed by atoms with Gasteiger partial charge in [-0.2, -0.15) is 0 Å². The van der Waals surface area contributed by atoms with Gasteiger partial charge >= 0.3 is 0 Å². The molecule has 2 rings (SSSR count). The standard InChI is InChI=1S/C14H21FN2O/c15-8-4-10-18-14-7-2-1-6-13(14)17-9-3-5-12(16)11-17/h1-2,6-7,12H,3-5,8-11,16H2. The number of benzene rings is 1. The number of alkyl halides is 1. The van der Waals surface area contributed by atoms with E-state index in [2.05, 4.69) is 4.90 Å². The van der Waals surface area contributed by atoms with Gasteiger partial charge in [0.25, 0.3) is 0 Å². The topological polar surface area (TPSA) is 38.5 Å². The van der Waals surface area contributed by atoms with E-state index < -0.39 is 0 Å². The van der Waals surface area contributed by atoms with Crippen molar-refractivity contribution in [2.24, 2.45) is 5.73 Å². The van der Waals surface area contributed by atoms with E-state index in [0.29, 0.717) is 13.0 Å². The summed E-state index contributed by atoms with van der Waals surface area (Å²) in [5.74, 6) is 0.833. The number of hydrogen-bond acceptors (Lipinski definition) is 3. The Labute approximate surface area is 108 Å². The van der Waals surface area contributed by atoms with E-state index in [9.17, 15) is 4.39 Å². The number of nitrogens with zero attached hydrogens (tertiary/aromatic N) is 1. The Morgan fingerprint density at radius 2 is 2.22 bits per heavy atom. The van der Waals surface area contributed by atoms with E-state index in [1.165, 1.54) is 0 Å². The third-order valence-corrected chi connectivity index (χ3v) is 3.20. The maximum Gasteiger partial charge on any atom is 0.142 e. The van der Waals surface area contributed by atoms with E-state index >= 15 is 0 Å². The summed E-state index contributed by atoms with van der Waals surface area (Å²) < 4.78 is 17.7. The van der Waals surface area contributed by atoms with Gasteiger partial charge in [0.15, 0.2) is 0 Å². The molecule has 1 atom stereocenters. The minimum Gasteiger partial charge on any atom is -0.491 e.